The molecule has 0 aromatic heterocycles. The first-order valence-electron chi connectivity index (χ1n) is 9.61. The number of anilines is 1. The Morgan fingerprint density at radius 1 is 0.867 bits per heavy atom. The molecular weight excluding hydrogens is 378 g/mol. The summed E-state index contributed by atoms with van der Waals surface area (Å²) in [6.45, 7) is 3.88. The van der Waals surface area contributed by atoms with Gasteiger partial charge in [-0.15, -0.1) is 0 Å². The fourth-order valence-corrected chi connectivity index (χ4v) is 3.74. The quantitative estimate of drug-likeness (QED) is 0.382. The lowest BCUT2D eigenvalue weighted by Gasteiger charge is -2.26. The zero-order valence-electron chi connectivity index (χ0n) is 16.7. The van der Waals surface area contributed by atoms with Gasteiger partial charge in [0.25, 0.3) is 11.7 Å². The van der Waals surface area contributed by atoms with E-state index in [1.807, 2.05) is 26.0 Å². The minimum Gasteiger partial charge on any atom is -0.507 e. The normalized spacial score (nSPS) is 18.1. The van der Waals surface area contributed by atoms with E-state index in [9.17, 15) is 19.8 Å². The average Bonchev–Trinajstić information content (AvgIpc) is 3.01. The van der Waals surface area contributed by atoms with Crippen molar-refractivity contribution in [1.82, 2.24) is 0 Å². The Hall–Kier alpha value is -3.86. The summed E-state index contributed by atoms with van der Waals surface area (Å²) in [5, 5.41) is 21.5. The van der Waals surface area contributed by atoms with Crippen LogP contribution in [0.25, 0.3) is 5.76 Å². The molecule has 30 heavy (non-hydrogen) atoms. The third-order valence-corrected chi connectivity index (χ3v) is 5.48. The number of aliphatic hydroxyl groups excluding tert-OH is 1. The lowest BCUT2D eigenvalue weighted by molar-refractivity contribution is -0.132. The molecule has 1 aliphatic heterocycles. The molecule has 1 heterocycles. The Kier molecular flexibility index (Phi) is 4.88. The number of hydrogen-bond donors (Lipinski definition) is 2. The fraction of sp³-hybridized carbons (Fsp3) is 0.120. The molecule has 1 atom stereocenters. The summed E-state index contributed by atoms with van der Waals surface area (Å²) in [5.74, 6) is -1.94. The number of phenols is 1. The number of para-hydroxylation sites is 2. The summed E-state index contributed by atoms with van der Waals surface area (Å²) in [5.41, 5.74) is 3.36. The number of carbonyl (C=O) groups excluding carboxylic acids is 2. The molecule has 1 unspecified atom stereocenters. The summed E-state index contributed by atoms with van der Waals surface area (Å²) >= 11 is 0. The number of phenolic OH excluding ortho intramolecular Hbond substituents is 1. The van der Waals surface area contributed by atoms with Crippen molar-refractivity contribution in [2.75, 3.05) is 4.90 Å². The lowest BCUT2D eigenvalue weighted by Crippen LogP contribution is -2.29. The maximum absolute atomic E-state index is 13.1. The Morgan fingerprint density at radius 3 is 2.20 bits per heavy atom. The number of aromatic hydroxyl groups is 1. The molecule has 2 N–H and O–H groups in total. The molecule has 150 valence electrons. The van der Waals surface area contributed by atoms with E-state index in [0.29, 0.717) is 11.1 Å². The SMILES string of the molecule is Cc1ccc(/C(O)=C2/C(=O)C(=O)N(c3ccccc3O)C2c2ccccc2)cc1C. The van der Waals surface area contributed by atoms with Gasteiger partial charge in [-0.05, 0) is 48.7 Å². The number of hydrogen-bond acceptors (Lipinski definition) is 4. The van der Waals surface area contributed by atoms with Gasteiger partial charge in [-0.25, -0.2) is 0 Å². The maximum Gasteiger partial charge on any atom is 0.300 e. The average molecular weight is 399 g/mol. The van der Waals surface area contributed by atoms with E-state index in [2.05, 4.69) is 0 Å². The molecule has 3 aromatic rings. The van der Waals surface area contributed by atoms with Crippen LogP contribution in [0.1, 0.15) is 28.3 Å². The molecule has 0 spiro atoms. The first-order valence-corrected chi connectivity index (χ1v) is 9.61. The minimum absolute atomic E-state index is 0.00212. The number of ketones is 1. The monoisotopic (exact) mass is 399 g/mol. The molecule has 5 nitrogen and oxygen atoms in total. The molecule has 1 amide bonds. The van der Waals surface area contributed by atoms with Crippen molar-refractivity contribution in [3.8, 4) is 5.75 Å². The van der Waals surface area contributed by atoms with E-state index < -0.39 is 17.7 Å². The maximum atomic E-state index is 13.1. The van der Waals surface area contributed by atoms with Crippen LogP contribution in [-0.4, -0.2) is 21.9 Å². The molecule has 5 heteroatoms. The second-order valence-electron chi connectivity index (χ2n) is 7.37. The van der Waals surface area contributed by atoms with Crippen molar-refractivity contribution < 1.29 is 19.8 Å². The highest BCUT2D eigenvalue weighted by atomic mass is 16.3. The molecule has 3 aromatic carbocycles. The third kappa shape index (κ3) is 3.14. The van der Waals surface area contributed by atoms with Gasteiger partial charge in [-0.1, -0.05) is 54.6 Å². The number of carbonyl (C=O) groups is 2. The van der Waals surface area contributed by atoms with Gasteiger partial charge < -0.3 is 10.2 Å². The van der Waals surface area contributed by atoms with E-state index in [1.54, 1.807) is 54.6 Å². The van der Waals surface area contributed by atoms with Gasteiger partial charge in [0, 0.05) is 5.56 Å². The van der Waals surface area contributed by atoms with Crippen LogP contribution in [0.15, 0.2) is 78.4 Å². The number of aliphatic hydroxyl groups is 1. The lowest BCUT2D eigenvalue weighted by atomic mass is 9.94. The standard InChI is InChI=1S/C25H21NO4/c1-15-12-13-18(14-16(15)2)23(28)21-22(17-8-4-3-5-9-17)26(25(30)24(21)29)19-10-6-7-11-20(19)27/h3-14,22,27-28H,1-2H3/b23-21-. The summed E-state index contributed by atoms with van der Waals surface area (Å²) in [7, 11) is 0. The number of nitrogens with zero attached hydrogens (tertiary/aromatic N) is 1. The Morgan fingerprint density at radius 2 is 1.53 bits per heavy atom. The van der Waals surface area contributed by atoms with Gasteiger partial charge in [0.2, 0.25) is 0 Å². The minimum atomic E-state index is -0.860. The van der Waals surface area contributed by atoms with Crippen molar-refractivity contribution in [3.05, 3.63) is 101 Å². The zero-order valence-corrected chi connectivity index (χ0v) is 16.7. The van der Waals surface area contributed by atoms with Gasteiger partial charge in [-0.2, -0.15) is 0 Å². The zero-order chi connectivity index (χ0) is 21.4. The van der Waals surface area contributed by atoms with Crippen LogP contribution >= 0.6 is 0 Å². The van der Waals surface area contributed by atoms with Crippen LogP contribution in [0, 0.1) is 13.8 Å². The highest BCUT2D eigenvalue weighted by molar-refractivity contribution is 6.51. The largest absolute Gasteiger partial charge is 0.507 e. The molecule has 0 radical (unpaired) electrons. The number of rotatable bonds is 3. The van der Waals surface area contributed by atoms with Crippen LogP contribution in [0.4, 0.5) is 5.69 Å². The van der Waals surface area contributed by atoms with Crippen molar-refractivity contribution >= 4 is 23.1 Å². The van der Waals surface area contributed by atoms with Gasteiger partial charge in [0.1, 0.15) is 11.5 Å². The van der Waals surface area contributed by atoms with Gasteiger partial charge in [-0.3, -0.25) is 14.5 Å². The van der Waals surface area contributed by atoms with Crippen molar-refractivity contribution in [2.45, 2.75) is 19.9 Å². The van der Waals surface area contributed by atoms with E-state index in [0.717, 1.165) is 11.1 Å². The topological polar surface area (TPSA) is 77.8 Å². The van der Waals surface area contributed by atoms with Gasteiger partial charge >= 0.3 is 0 Å². The number of Topliss-reactive ketones (excluding diaryl/α,β-unsaturated/α-hetero) is 1. The summed E-state index contributed by atoms with van der Waals surface area (Å²) < 4.78 is 0. The van der Waals surface area contributed by atoms with Crippen molar-refractivity contribution in [2.24, 2.45) is 0 Å². The predicted octanol–water partition coefficient (Wildman–Crippen LogP) is 4.64. The molecule has 1 fully saturated rings. The van der Waals surface area contributed by atoms with Crippen molar-refractivity contribution in [3.63, 3.8) is 0 Å². The van der Waals surface area contributed by atoms with Crippen LogP contribution in [0.2, 0.25) is 0 Å². The molecule has 1 saturated heterocycles. The van der Waals surface area contributed by atoms with Crippen LogP contribution in [0.3, 0.4) is 0 Å². The third-order valence-electron chi connectivity index (χ3n) is 5.48. The highest BCUT2D eigenvalue weighted by Crippen LogP contribution is 2.44. The van der Waals surface area contributed by atoms with Crippen LogP contribution < -0.4 is 4.90 Å². The van der Waals surface area contributed by atoms with Gasteiger partial charge in [0.15, 0.2) is 0 Å². The molecular formula is C25H21NO4. The van der Waals surface area contributed by atoms with E-state index in [4.69, 9.17) is 0 Å². The summed E-state index contributed by atoms with van der Waals surface area (Å²) in [4.78, 5) is 27.3. The van der Waals surface area contributed by atoms with E-state index in [1.165, 1.54) is 11.0 Å². The summed E-state index contributed by atoms with van der Waals surface area (Å²) in [6, 6.07) is 19.9. The smallest absolute Gasteiger partial charge is 0.300 e. The Balaban J connectivity index is 1.97. The number of amides is 1. The number of aryl methyl sites for hydroxylation is 2. The fourth-order valence-electron chi connectivity index (χ4n) is 3.74. The molecule has 1 aliphatic rings. The Labute approximate surface area is 174 Å². The van der Waals surface area contributed by atoms with Crippen LogP contribution in [0.5, 0.6) is 5.75 Å². The Bertz CT molecular complexity index is 1180. The second-order valence-corrected chi connectivity index (χ2v) is 7.37. The van der Waals surface area contributed by atoms with Gasteiger partial charge in [0.05, 0.1) is 17.3 Å². The molecule has 0 saturated carbocycles. The second kappa shape index (κ2) is 7.52. The molecule has 0 aliphatic carbocycles. The van der Waals surface area contributed by atoms with E-state index >= 15 is 0 Å². The number of benzene rings is 3. The first-order chi connectivity index (χ1) is 14.4. The van der Waals surface area contributed by atoms with Crippen molar-refractivity contribution in [1.29, 1.82) is 0 Å². The predicted molar refractivity (Wildman–Crippen MR) is 115 cm³/mol. The van der Waals surface area contributed by atoms with Crippen LogP contribution in [-0.2, 0) is 9.59 Å². The highest BCUT2D eigenvalue weighted by Gasteiger charge is 2.47. The molecule has 4 rings (SSSR count). The van der Waals surface area contributed by atoms with E-state index in [-0.39, 0.29) is 22.8 Å². The molecule has 0 bridgehead atoms. The first kappa shape index (κ1) is 19.5. The summed E-state index contributed by atoms with van der Waals surface area (Å²) in [6.07, 6.45) is 0.